The van der Waals surface area contributed by atoms with Crippen LogP contribution in [0.3, 0.4) is 0 Å². The van der Waals surface area contributed by atoms with Crippen molar-refractivity contribution < 1.29 is 24.0 Å². The maximum absolute atomic E-state index is 12.7. The number of carbonyl (C=O) groups is 2. The largest absolute Gasteiger partial charge is 0.480 e. The Morgan fingerprint density at radius 3 is 2.82 bits per heavy atom. The zero-order valence-corrected chi connectivity index (χ0v) is 12.1. The first-order valence-electron chi connectivity index (χ1n) is 7.79. The third-order valence-corrected chi connectivity index (χ3v) is 5.10. The zero-order chi connectivity index (χ0) is 15.3. The van der Waals surface area contributed by atoms with Crippen LogP contribution in [0.1, 0.15) is 54.3 Å². The van der Waals surface area contributed by atoms with Gasteiger partial charge in [-0.1, -0.05) is 11.6 Å². The van der Waals surface area contributed by atoms with Crippen LogP contribution in [0.4, 0.5) is 0 Å². The lowest BCUT2D eigenvalue weighted by atomic mass is 9.83. The summed E-state index contributed by atoms with van der Waals surface area (Å²) in [5.41, 5.74) is 0.209. The summed E-state index contributed by atoms with van der Waals surface area (Å²) in [5, 5.41) is 13.3. The quantitative estimate of drug-likeness (QED) is 0.907. The summed E-state index contributed by atoms with van der Waals surface area (Å²) in [6.45, 7) is 0.567. The highest BCUT2D eigenvalue weighted by atomic mass is 16.5. The second kappa shape index (κ2) is 5.08. The smallest absolute Gasteiger partial charge is 0.326 e. The Morgan fingerprint density at radius 2 is 2.14 bits per heavy atom. The van der Waals surface area contributed by atoms with Crippen LogP contribution in [-0.4, -0.2) is 51.8 Å². The van der Waals surface area contributed by atoms with Crippen LogP contribution in [0.15, 0.2) is 10.6 Å². The summed E-state index contributed by atoms with van der Waals surface area (Å²) < 4.78 is 10.8. The van der Waals surface area contributed by atoms with Crippen LogP contribution in [0.5, 0.6) is 0 Å². The van der Waals surface area contributed by atoms with Gasteiger partial charge in [0.05, 0.1) is 12.1 Å². The monoisotopic (exact) mass is 306 g/mol. The lowest BCUT2D eigenvalue weighted by Gasteiger charge is -2.25. The maximum atomic E-state index is 12.7. The SMILES string of the molecule is O=C(O)[C@@H]1C[C@@H]2OCC[C@@H]2N1C(=O)c1cc(C2CCC2)on1. The minimum Gasteiger partial charge on any atom is -0.480 e. The number of ether oxygens (including phenoxy) is 1. The molecule has 22 heavy (non-hydrogen) atoms. The van der Waals surface area contributed by atoms with Gasteiger partial charge >= 0.3 is 5.97 Å². The van der Waals surface area contributed by atoms with Gasteiger partial charge in [0.2, 0.25) is 0 Å². The molecule has 2 saturated heterocycles. The summed E-state index contributed by atoms with van der Waals surface area (Å²) in [6, 6.07) is 0.665. The lowest BCUT2D eigenvalue weighted by molar-refractivity contribution is -0.142. The first-order valence-corrected chi connectivity index (χ1v) is 7.79. The van der Waals surface area contributed by atoms with Crippen molar-refractivity contribution in [3.8, 4) is 0 Å². The molecule has 7 nitrogen and oxygen atoms in total. The van der Waals surface area contributed by atoms with E-state index in [0.29, 0.717) is 25.4 Å². The molecule has 1 N–H and O–H groups in total. The molecule has 0 aromatic carbocycles. The fraction of sp³-hybridized carbons (Fsp3) is 0.667. The molecule has 3 heterocycles. The number of aromatic nitrogens is 1. The van der Waals surface area contributed by atoms with E-state index in [1.807, 2.05) is 0 Å². The molecule has 7 heteroatoms. The first-order chi connectivity index (χ1) is 10.6. The first kappa shape index (κ1) is 13.8. The molecule has 0 radical (unpaired) electrons. The van der Waals surface area contributed by atoms with Gasteiger partial charge in [-0.05, 0) is 19.3 Å². The number of amides is 1. The Balaban J connectivity index is 1.59. The van der Waals surface area contributed by atoms with Gasteiger partial charge in [0.1, 0.15) is 11.8 Å². The number of carboxylic acids is 1. The van der Waals surface area contributed by atoms with Crippen molar-refractivity contribution in [2.45, 2.75) is 56.2 Å². The molecule has 3 fully saturated rings. The molecule has 0 bridgehead atoms. The summed E-state index contributed by atoms with van der Waals surface area (Å²) in [6.07, 6.45) is 4.13. The van der Waals surface area contributed by atoms with Gasteiger partial charge in [0, 0.05) is 25.0 Å². The highest BCUT2D eigenvalue weighted by Crippen LogP contribution is 2.38. The fourth-order valence-corrected chi connectivity index (χ4v) is 3.66. The van der Waals surface area contributed by atoms with Crippen LogP contribution < -0.4 is 0 Å². The molecule has 0 unspecified atom stereocenters. The second-order valence-corrected chi connectivity index (χ2v) is 6.31. The van der Waals surface area contributed by atoms with Crippen molar-refractivity contribution in [1.82, 2.24) is 10.1 Å². The summed E-state index contributed by atoms with van der Waals surface area (Å²) in [4.78, 5) is 25.6. The van der Waals surface area contributed by atoms with E-state index in [9.17, 15) is 14.7 Å². The standard InChI is InChI=1S/C15H18N2O5/c18-14(9-6-12(22-16-9)8-2-1-3-8)17-10-4-5-21-13(10)7-11(17)15(19)20/h6,8,10-11,13H,1-5,7H2,(H,19,20)/t10-,11-,13-/m0/s1. The van der Waals surface area contributed by atoms with E-state index in [1.165, 1.54) is 11.3 Å². The molecule has 1 aliphatic carbocycles. The number of likely N-dealkylation sites (tertiary alicyclic amines) is 1. The minimum atomic E-state index is -0.992. The van der Waals surface area contributed by atoms with Gasteiger partial charge in [-0.15, -0.1) is 0 Å². The molecular weight excluding hydrogens is 288 g/mol. The molecule has 1 aromatic heterocycles. The summed E-state index contributed by atoms with van der Waals surface area (Å²) in [7, 11) is 0. The number of nitrogens with zero attached hydrogens (tertiary/aromatic N) is 2. The second-order valence-electron chi connectivity index (χ2n) is 6.31. The van der Waals surface area contributed by atoms with Crippen molar-refractivity contribution in [2.24, 2.45) is 0 Å². The summed E-state index contributed by atoms with van der Waals surface area (Å²) in [5.74, 6) is -0.265. The zero-order valence-electron chi connectivity index (χ0n) is 12.1. The van der Waals surface area contributed by atoms with Gasteiger partial charge in [-0.25, -0.2) is 4.79 Å². The molecule has 3 atom stereocenters. The third kappa shape index (κ3) is 2.03. The Labute approximate surface area is 127 Å². The number of carboxylic acid groups (broad SMARTS) is 1. The fourth-order valence-electron chi connectivity index (χ4n) is 3.66. The molecule has 0 spiro atoms. The predicted octanol–water partition coefficient (Wildman–Crippen LogP) is 1.40. The van der Waals surface area contributed by atoms with Gasteiger partial charge in [-0.2, -0.15) is 0 Å². The Morgan fingerprint density at radius 1 is 1.32 bits per heavy atom. The van der Waals surface area contributed by atoms with Crippen LogP contribution in [0, 0.1) is 0 Å². The molecule has 4 rings (SSSR count). The molecular formula is C15H18N2O5. The van der Waals surface area contributed by atoms with Gasteiger partial charge < -0.3 is 19.3 Å². The van der Waals surface area contributed by atoms with Crippen LogP contribution in [0.25, 0.3) is 0 Å². The molecule has 3 aliphatic rings. The van der Waals surface area contributed by atoms with Crippen molar-refractivity contribution in [1.29, 1.82) is 0 Å². The van der Waals surface area contributed by atoms with Gasteiger partial charge in [-0.3, -0.25) is 4.79 Å². The highest BCUT2D eigenvalue weighted by Gasteiger charge is 2.50. The number of aliphatic carboxylic acids is 1. The maximum Gasteiger partial charge on any atom is 0.326 e. The molecule has 2 aliphatic heterocycles. The van der Waals surface area contributed by atoms with Crippen LogP contribution in [-0.2, 0) is 9.53 Å². The van der Waals surface area contributed by atoms with E-state index in [1.54, 1.807) is 6.07 Å². The van der Waals surface area contributed by atoms with E-state index in [4.69, 9.17) is 9.26 Å². The minimum absolute atomic E-state index is 0.169. The normalized spacial score (nSPS) is 31.1. The number of hydrogen-bond donors (Lipinski definition) is 1. The van der Waals surface area contributed by atoms with Crippen molar-refractivity contribution in [3.05, 3.63) is 17.5 Å². The average Bonchev–Trinajstić information content (AvgIpc) is 3.09. The molecule has 118 valence electrons. The van der Waals surface area contributed by atoms with E-state index < -0.39 is 12.0 Å². The average molecular weight is 306 g/mol. The van der Waals surface area contributed by atoms with Gasteiger partial charge in [0.25, 0.3) is 5.91 Å². The number of rotatable bonds is 3. The highest BCUT2D eigenvalue weighted by molar-refractivity contribution is 5.95. The Bertz CT molecular complexity index is 609. The van der Waals surface area contributed by atoms with E-state index in [0.717, 1.165) is 18.6 Å². The van der Waals surface area contributed by atoms with Crippen molar-refractivity contribution in [2.75, 3.05) is 6.61 Å². The van der Waals surface area contributed by atoms with Gasteiger partial charge in [0.15, 0.2) is 5.69 Å². The van der Waals surface area contributed by atoms with Crippen LogP contribution in [0.2, 0.25) is 0 Å². The van der Waals surface area contributed by atoms with E-state index in [-0.39, 0.29) is 23.7 Å². The van der Waals surface area contributed by atoms with E-state index >= 15 is 0 Å². The van der Waals surface area contributed by atoms with Crippen molar-refractivity contribution in [3.63, 3.8) is 0 Å². The number of carbonyl (C=O) groups excluding carboxylic acids is 1. The Kier molecular flexibility index (Phi) is 3.18. The Hall–Kier alpha value is -1.89. The topological polar surface area (TPSA) is 92.9 Å². The molecule has 1 aromatic rings. The molecule has 1 amide bonds. The number of hydrogen-bond acceptors (Lipinski definition) is 5. The third-order valence-electron chi connectivity index (χ3n) is 5.10. The van der Waals surface area contributed by atoms with Crippen LogP contribution >= 0.6 is 0 Å². The lowest BCUT2D eigenvalue weighted by Crippen LogP contribution is -2.45. The number of fused-ring (bicyclic) bond motifs is 1. The summed E-state index contributed by atoms with van der Waals surface area (Å²) >= 11 is 0. The predicted molar refractivity (Wildman–Crippen MR) is 73.5 cm³/mol. The van der Waals surface area contributed by atoms with Crippen molar-refractivity contribution >= 4 is 11.9 Å². The van der Waals surface area contributed by atoms with E-state index in [2.05, 4.69) is 5.16 Å². The molecule has 1 saturated carbocycles.